The van der Waals surface area contributed by atoms with Crippen molar-refractivity contribution in [2.45, 2.75) is 0 Å². The van der Waals surface area contributed by atoms with E-state index in [0.717, 1.165) is 77.3 Å². The molecule has 0 saturated carbocycles. The Bertz CT molecular complexity index is 3490. The van der Waals surface area contributed by atoms with Gasteiger partial charge in [-0.15, -0.1) is 0 Å². The molecule has 0 atom stereocenters. The molecule has 2 heteroatoms. The molecule has 0 bridgehead atoms. The van der Waals surface area contributed by atoms with Gasteiger partial charge in [0.1, 0.15) is 22.3 Å². The van der Waals surface area contributed by atoms with E-state index in [1.807, 2.05) is 12.1 Å². The normalized spacial score (nSPS) is 11.9. The highest BCUT2D eigenvalue weighted by atomic mass is 16.3. The maximum Gasteiger partial charge on any atom is 0.136 e. The summed E-state index contributed by atoms with van der Waals surface area (Å²) in [5.74, 6) is 0. The fraction of sp³-hybridized carbons (Fsp3) is 0. The second-order valence-corrected chi connectivity index (χ2v) is 14.8. The van der Waals surface area contributed by atoms with Crippen molar-refractivity contribution in [1.82, 2.24) is 0 Å². The van der Waals surface area contributed by atoms with Gasteiger partial charge in [-0.1, -0.05) is 140 Å². The van der Waals surface area contributed by atoms with Gasteiger partial charge in [0, 0.05) is 21.5 Å². The third-order valence-electron chi connectivity index (χ3n) is 11.6. The first kappa shape index (κ1) is 31.0. The molecule has 0 fully saturated rings. The van der Waals surface area contributed by atoms with Crippen LogP contribution in [0, 0.1) is 0 Å². The second kappa shape index (κ2) is 12.0. The van der Waals surface area contributed by atoms with Gasteiger partial charge in [0.2, 0.25) is 0 Å². The van der Waals surface area contributed by atoms with E-state index in [4.69, 9.17) is 8.83 Å². The van der Waals surface area contributed by atoms with Gasteiger partial charge in [-0.05, 0) is 131 Å². The number of para-hydroxylation sites is 1. The summed E-state index contributed by atoms with van der Waals surface area (Å²) in [6.07, 6.45) is 0. The Balaban J connectivity index is 1.08. The molecule has 10 aromatic carbocycles. The zero-order chi connectivity index (χ0) is 36.7. The summed E-state index contributed by atoms with van der Waals surface area (Å²) in [4.78, 5) is 0. The maximum absolute atomic E-state index is 6.59. The number of rotatable bonds is 4. The van der Waals surface area contributed by atoms with E-state index in [1.165, 1.54) is 43.4 Å². The molecule has 0 spiro atoms. The Morgan fingerprint density at radius 1 is 0.214 bits per heavy atom. The third-order valence-corrected chi connectivity index (χ3v) is 11.6. The molecule has 0 aliphatic carbocycles. The van der Waals surface area contributed by atoms with Crippen LogP contribution in [0.15, 0.2) is 203 Å². The first-order valence-corrected chi connectivity index (χ1v) is 19.2. The van der Waals surface area contributed by atoms with Gasteiger partial charge in [-0.3, -0.25) is 0 Å². The first-order valence-electron chi connectivity index (χ1n) is 19.2. The zero-order valence-electron chi connectivity index (χ0n) is 30.3. The largest absolute Gasteiger partial charge is 0.456 e. The van der Waals surface area contributed by atoms with Gasteiger partial charge in [0.25, 0.3) is 0 Å². The van der Waals surface area contributed by atoms with Crippen molar-refractivity contribution in [1.29, 1.82) is 0 Å². The van der Waals surface area contributed by atoms with Crippen molar-refractivity contribution in [2.75, 3.05) is 0 Å². The quantitative estimate of drug-likeness (QED) is 0.170. The van der Waals surface area contributed by atoms with E-state index < -0.39 is 0 Å². The highest BCUT2D eigenvalue weighted by Crippen LogP contribution is 2.44. The average Bonchev–Trinajstić information content (AvgIpc) is 3.85. The minimum atomic E-state index is 0.875. The summed E-state index contributed by atoms with van der Waals surface area (Å²) < 4.78 is 12.9. The van der Waals surface area contributed by atoms with E-state index in [0.29, 0.717) is 0 Å². The van der Waals surface area contributed by atoms with Crippen LogP contribution in [0.3, 0.4) is 0 Å². The van der Waals surface area contributed by atoms with Crippen LogP contribution in [0.2, 0.25) is 0 Å². The number of hydrogen-bond donors (Lipinski definition) is 0. The lowest BCUT2D eigenvalue weighted by atomic mass is 9.90. The lowest BCUT2D eigenvalue weighted by Crippen LogP contribution is -1.88. The lowest BCUT2D eigenvalue weighted by molar-refractivity contribution is 0.668. The lowest BCUT2D eigenvalue weighted by Gasteiger charge is -2.13. The molecule has 12 rings (SSSR count). The Kier molecular flexibility index (Phi) is 6.66. The minimum Gasteiger partial charge on any atom is -0.456 e. The second-order valence-electron chi connectivity index (χ2n) is 14.8. The van der Waals surface area contributed by atoms with Crippen molar-refractivity contribution in [2.24, 2.45) is 0 Å². The molecule has 2 aromatic heterocycles. The van der Waals surface area contributed by atoms with Crippen molar-refractivity contribution >= 4 is 76.2 Å². The molecular weight excluding hydrogens is 681 g/mol. The Morgan fingerprint density at radius 3 is 1.30 bits per heavy atom. The molecule has 2 heterocycles. The van der Waals surface area contributed by atoms with Gasteiger partial charge in [-0.25, -0.2) is 0 Å². The van der Waals surface area contributed by atoms with Crippen LogP contribution in [-0.4, -0.2) is 0 Å². The Labute approximate surface area is 322 Å². The molecule has 0 aliphatic heterocycles. The van der Waals surface area contributed by atoms with Gasteiger partial charge in [0.05, 0.1) is 0 Å². The summed E-state index contributed by atoms with van der Waals surface area (Å²) in [5, 5.41) is 12.1. The minimum absolute atomic E-state index is 0.875. The maximum atomic E-state index is 6.59. The van der Waals surface area contributed by atoms with E-state index in [1.54, 1.807) is 0 Å². The number of hydrogen-bond acceptors (Lipinski definition) is 2. The molecule has 2 nitrogen and oxygen atoms in total. The van der Waals surface area contributed by atoms with Crippen molar-refractivity contribution in [3.05, 3.63) is 194 Å². The fourth-order valence-electron chi connectivity index (χ4n) is 9.09. The average molecular weight is 713 g/mol. The smallest absolute Gasteiger partial charge is 0.136 e. The molecule has 0 N–H and O–H groups in total. The predicted octanol–water partition coefficient (Wildman–Crippen LogP) is 15.6. The third kappa shape index (κ3) is 4.69. The molecule has 0 aliphatic rings. The molecule has 260 valence electrons. The summed E-state index contributed by atoms with van der Waals surface area (Å²) in [6.45, 7) is 0. The molecule has 12 aromatic rings. The highest BCUT2D eigenvalue weighted by Gasteiger charge is 2.18. The molecule has 56 heavy (non-hydrogen) atoms. The monoisotopic (exact) mass is 712 g/mol. The summed E-state index contributed by atoms with van der Waals surface area (Å²) in [6, 6.07) is 69.8. The van der Waals surface area contributed by atoms with Crippen molar-refractivity contribution in [3.63, 3.8) is 0 Å². The number of fused-ring (bicyclic) bond motifs is 12. The van der Waals surface area contributed by atoms with Gasteiger partial charge >= 0.3 is 0 Å². The van der Waals surface area contributed by atoms with Gasteiger partial charge < -0.3 is 8.83 Å². The van der Waals surface area contributed by atoms with Crippen LogP contribution < -0.4 is 0 Å². The van der Waals surface area contributed by atoms with E-state index >= 15 is 0 Å². The van der Waals surface area contributed by atoms with Crippen LogP contribution >= 0.6 is 0 Å². The zero-order valence-corrected chi connectivity index (χ0v) is 30.3. The molecule has 0 saturated heterocycles. The highest BCUT2D eigenvalue weighted by molar-refractivity contribution is 6.26. The molecule has 0 amide bonds. The van der Waals surface area contributed by atoms with E-state index in [2.05, 4.69) is 182 Å². The van der Waals surface area contributed by atoms with E-state index in [-0.39, 0.29) is 0 Å². The molecule has 0 unspecified atom stereocenters. The molecular formula is C54H32O2. The van der Waals surface area contributed by atoms with Gasteiger partial charge in [0.15, 0.2) is 0 Å². The van der Waals surface area contributed by atoms with Crippen molar-refractivity contribution in [3.8, 4) is 44.5 Å². The summed E-state index contributed by atoms with van der Waals surface area (Å²) >= 11 is 0. The van der Waals surface area contributed by atoms with E-state index in [9.17, 15) is 0 Å². The summed E-state index contributed by atoms with van der Waals surface area (Å²) in [5.41, 5.74) is 12.8. The first-order chi connectivity index (χ1) is 27.7. The molecule has 0 radical (unpaired) electrons. The fourth-order valence-corrected chi connectivity index (χ4v) is 9.09. The van der Waals surface area contributed by atoms with Crippen LogP contribution in [-0.2, 0) is 0 Å². The topological polar surface area (TPSA) is 26.3 Å². The van der Waals surface area contributed by atoms with Crippen LogP contribution in [0.5, 0.6) is 0 Å². The number of furan rings is 2. The summed E-state index contributed by atoms with van der Waals surface area (Å²) in [7, 11) is 0. The Morgan fingerprint density at radius 2 is 0.661 bits per heavy atom. The number of benzene rings is 10. The SMILES string of the molecule is c1ccc(-c2cc(-c3cccc4oc5ccccc5c34)cc(-c3cccc4oc5ccc(-c6ccc7c8ccccc8c8ccccc8c7c6)cc5c34)c2)cc1. The van der Waals surface area contributed by atoms with Gasteiger partial charge in [-0.2, -0.15) is 0 Å². The van der Waals surface area contributed by atoms with Crippen molar-refractivity contribution < 1.29 is 8.83 Å². The predicted molar refractivity (Wildman–Crippen MR) is 235 cm³/mol. The Hall–Kier alpha value is -7.42. The van der Waals surface area contributed by atoms with Crippen LogP contribution in [0.1, 0.15) is 0 Å². The standard InChI is InChI=1S/C54H32O2/c1-2-12-33(13-3-1)36-28-37(39-19-10-22-51-53(39)46-18-8-9-21-49(46)55-51)30-38(29-36)40-20-11-23-52-54(40)48-32-35(25-27-50(48)56-52)34-24-26-45-43-16-5-4-14-41(43)42-15-6-7-17-44(42)47(45)31-34/h1-32H. The van der Waals surface area contributed by atoms with Crippen LogP contribution in [0.4, 0.5) is 0 Å². The van der Waals surface area contributed by atoms with Crippen LogP contribution in [0.25, 0.3) is 121 Å².